The summed E-state index contributed by atoms with van der Waals surface area (Å²) in [4.78, 5) is 36.0. The molecule has 0 radical (unpaired) electrons. The first-order valence-corrected chi connectivity index (χ1v) is 7.27. The quantitative estimate of drug-likeness (QED) is 0.479. The fraction of sp³-hybridized carbons (Fsp3) is 0.312. The third kappa shape index (κ3) is 3.71. The first-order valence-electron chi connectivity index (χ1n) is 6.89. The van der Waals surface area contributed by atoms with E-state index in [4.69, 9.17) is 25.8 Å². The van der Waals surface area contributed by atoms with Gasteiger partial charge in [-0.05, 0) is 24.6 Å². The Morgan fingerprint density at radius 1 is 1.26 bits per heavy atom. The van der Waals surface area contributed by atoms with Crippen molar-refractivity contribution in [2.75, 3.05) is 6.61 Å². The zero-order valence-corrected chi connectivity index (χ0v) is 13.6. The number of carbonyl (C=O) groups excluding carboxylic acids is 3. The summed E-state index contributed by atoms with van der Waals surface area (Å²) in [5, 5.41) is 0.149. The Morgan fingerprint density at radius 2 is 1.87 bits per heavy atom. The lowest BCUT2D eigenvalue weighted by Crippen LogP contribution is -2.41. The van der Waals surface area contributed by atoms with Crippen molar-refractivity contribution in [3.8, 4) is 0 Å². The van der Waals surface area contributed by atoms with Crippen LogP contribution in [0.2, 0.25) is 5.02 Å². The van der Waals surface area contributed by atoms with Crippen molar-refractivity contribution < 1.29 is 28.6 Å². The van der Waals surface area contributed by atoms with Crippen molar-refractivity contribution >= 4 is 35.6 Å². The van der Waals surface area contributed by atoms with Gasteiger partial charge in [0.1, 0.15) is 5.57 Å². The standard InChI is InChI=1S/C16H15ClO6/c1-4-21-15(20)12-9(6-5-7-11(12)17)8-10-13(18)22-16(2,3)23-14(10)19/h5-8H,4H2,1-3H3. The zero-order valence-electron chi connectivity index (χ0n) is 12.8. The van der Waals surface area contributed by atoms with Gasteiger partial charge in [0.15, 0.2) is 0 Å². The third-order valence-electron chi connectivity index (χ3n) is 2.94. The van der Waals surface area contributed by atoms with Crippen LogP contribution in [-0.2, 0) is 23.8 Å². The molecule has 2 rings (SSSR count). The van der Waals surface area contributed by atoms with Crippen molar-refractivity contribution in [2.24, 2.45) is 0 Å². The maximum absolute atomic E-state index is 12.0. The number of hydrogen-bond donors (Lipinski definition) is 0. The lowest BCUT2D eigenvalue weighted by molar-refractivity contribution is -0.222. The lowest BCUT2D eigenvalue weighted by Gasteiger charge is -2.29. The highest BCUT2D eigenvalue weighted by molar-refractivity contribution is 6.34. The monoisotopic (exact) mass is 338 g/mol. The van der Waals surface area contributed by atoms with Gasteiger partial charge in [-0.3, -0.25) is 0 Å². The molecule has 0 aliphatic carbocycles. The molecule has 0 spiro atoms. The second-order valence-corrected chi connectivity index (χ2v) is 5.57. The Hall–Kier alpha value is -2.34. The van der Waals surface area contributed by atoms with Crippen molar-refractivity contribution in [2.45, 2.75) is 26.6 Å². The molecule has 7 heteroatoms. The van der Waals surface area contributed by atoms with Gasteiger partial charge in [-0.2, -0.15) is 0 Å². The minimum atomic E-state index is -1.33. The largest absolute Gasteiger partial charge is 0.462 e. The number of esters is 3. The number of ether oxygens (including phenoxy) is 3. The maximum atomic E-state index is 12.0. The van der Waals surface area contributed by atoms with E-state index >= 15 is 0 Å². The van der Waals surface area contributed by atoms with Crippen molar-refractivity contribution in [3.05, 3.63) is 39.9 Å². The van der Waals surface area contributed by atoms with E-state index in [1.807, 2.05) is 0 Å². The molecule has 1 aromatic rings. The average molecular weight is 339 g/mol. The van der Waals surface area contributed by atoms with E-state index < -0.39 is 23.7 Å². The van der Waals surface area contributed by atoms with E-state index in [0.29, 0.717) is 0 Å². The van der Waals surface area contributed by atoms with E-state index in [2.05, 4.69) is 0 Å². The Bertz CT molecular complexity index is 683. The molecule has 1 aliphatic heterocycles. The number of halogens is 1. The van der Waals surface area contributed by atoms with Crippen molar-refractivity contribution in [1.29, 1.82) is 0 Å². The number of benzene rings is 1. The van der Waals surface area contributed by atoms with Crippen LogP contribution < -0.4 is 0 Å². The molecule has 0 N–H and O–H groups in total. The van der Waals surface area contributed by atoms with Crippen molar-refractivity contribution in [3.63, 3.8) is 0 Å². The molecule has 23 heavy (non-hydrogen) atoms. The van der Waals surface area contributed by atoms with E-state index in [1.165, 1.54) is 32.1 Å². The Balaban J connectivity index is 2.47. The van der Waals surface area contributed by atoms with Crippen LogP contribution in [0, 0.1) is 0 Å². The van der Waals surface area contributed by atoms with Crippen LogP contribution >= 0.6 is 11.6 Å². The summed E-state index contributed by atoms with van der Waals surface area (Å²) in [7, 11) is 0. The SMILES string of the molecule is CCOC(=O)c1c(Cl)cccc1C=C1C(=O)OC(C)(C)OC1=O. The fourth-order valence-corrected chi connectivity index (χ4v) is 2.27. The van der Waals surface area contributed by atoms with Crippen LogP contribution in [0.5, 0.6) is 0 Å². The molecule has 6 nitrogen and oxygen atoms in total. The topological polar surface area (TPSA) is 78.9 Å². The first-order chi connectivity index (χ1) is 10.7. The van der Waals surface area contributed by atoms with Crippen LogP contribution in [0.15, 0.2) is 23.8 Å². The van der Waals surface area contributed by atoms with E-state index in [-0.39, 0.29) is 28.3 Å². The molecule has 1 aliphatic rings. The second kappa shape index (κ2) is 6.42. The molecular weight excluding hydrogens is 324 g/mol. The highest BCUT2D eigenvalue weighted by atomic mass is 35.5. The Morgan fingerprint density at radius 3 is 2.43 bits per heavy atom. The first kappa shape index (κ1) is 17.0. The van der Waals surface area contributed by atoms with Gasteiger partial charge in [0.25, 0.3) is 5.79 Å². The predicted molar refractivity (Wildman–Crippen MR) is 81.6 cm³/mol. The van der Waals surface area contributed by atoms with E-state index in [9.17, 15) is 14.4 Å². The van der Waals surface area contributed by atoms with Gasteiger partial charge >= 0.3 is 17.9 Å². The summed E-state index contributed by atoms with van der Waals surface area (Å²) in [6, 6.07) is 4.63. The predicted octanol–water partition coefficient (Wildman–Crippen LogP) is 2.74. The van der Waals surface area contributed by atoms with Gasteiger partial charge in [-0.25, -0.2) is 14.4 Å². The van der Waals surface area contributed by atoms with Gasteiger partial charge in [-0.1, -0.05) is 23.7 Å². The molecule has 0 bridgehead atoms. The van der Waals surface area contributed by atoms with Crippen molar-refractivity contribution in [1.82, 2.24) is 0 Å². The van der Waals surface area contributed by atoms with E-state index in [0.717, 1.165) is 0 Å². The molecule has 122 valence electrons. The molecule has 1 fully saturated rings. The molecule has 0 amide bonds. The van der Waals surface area contributed by atoms with Gasteiger partial charge in [0.05, 0.1) is 17.2 Å². The number of rotatable bonds is 3. The third-order valence-corrected chi connectivity index (χ3v) is 3.26. The summed E-state index contributed by atoms with van der Waals surface area (Å²) >= 11 is 6.03. The van der Waals surface area contributed by atoms with Gasteiger partial charge < -0.3 is 14.2 Å². The molecule has 0 saturated carbocycles. The Labute approximate surface area is 138 Å². The number of carbonyl (C=O) groups is 3. The molecule has 0 unspecified atom stereocenters. The minimum Gasteiger partial charge on any atom is -0.462 e. The highest BCUT2D eigenvalue weighted by Gasteiger charge is 2.39. The summed E-state index contributed by atoms with van der Waals surface area (Å²) in [6.07, 6.45) is 1.21. The van der Waals surface area contributed by atoms with Crippen LogP contribution in [0.3, 0.4) is 0 Å². The summed E-state index contributed by atoms with van der Waals surface area (Å²) in [5.41, 5.74) is 0.00523. The average Bonchev–Trinajstić information content (AvgIpc) is 2.42. The molecule has 1 saturated heterocycles. The Kier molecular flexibility index (Phi) is 4.75. The fourth-order valence-electron chi connectivity index (χ4n) is 2.01. The number of cyclic esters (lactones) is 2. The van der Waals surface area contributed by atoms with Gasteiger partial charge in [0.2, 0.25) is 0 Å². The summed E-state index contributed by atoms with van der Waals surface area (Å²) in [6.45, 7) is 4.72. The molecule has 1 heterocycles. The lowest BCUT2D eigenvalue weighted by atomic mass is 10.0. The minimum absolute atomic E-state index is 0.0638. The number of hydrogen-bond acceptors (Lipinski definition) is 6. The normalized spacial score (nSPS) is 16.4. The highest BCUT2D eigenvalue weighted by Crippen LogP contribution is 2.27. The second-order valence-electron chi connectivity index (χ2n) is 5.16. The van der Waals surface area contributed by atoms with E-state index in [1.54, 1.807) is 13.0 Å². The van der Waals surface area contributed by atoms with Gasteiger partial charge in [-0.15, -0.1) is 0 Å². The smallest absolute Gasteiger partial charge is 0.348 e. The maximum Gasteiger partial charge on any atom is 0.348 e. The van der Waals surface area contributed by atoms with Crippen LogP contribution in [0.1, 0.15) is 36.7 Å². The molecular formula is C16H15ClO6. The van der Waals surface area contributed by atoms with Crippen LogP contribution in [-0.4, -0.2) is 30.3 Å². The van der Waals surface area contributed by atoms with Gasteiger partial charge in [0, 0.05) is 13.8 Å². The summed E-state index contributed by atoms with van der Waals surface area (Å²) in [5.74, 6) is -3.64. The van der Waals surface area contributed by atoms with Crippen LogP contribution in [0.25, 0.3) is 6.08 Å². The molecule has 1 aromatic carbocycles. The van der Waals surface area contributed by atoms with Crippen LogP contribution in [0.4, 0.5) is 0 Å². The molecule has 0 atom stereocenters. The zero-order chi connectivity index (χ0) is 17.2. The molecule has 0 aromatic heterocycles. The summed E-state index contributed by atoms with van der Waals surface area (Å²) < 4.78 is 15.0.